The Labute approximate surface area is 149 Å². The van der Waals surface area contributed by atoms with Gasteiger partial charge in [0, 0.05) is 32.3 Å². The van der Waals surface area contributed by atoms with Gasteiger partial charge in [0.1, 0.15) is 5.76 Å². The minimum absolute atomic E-state index is 0.0731. The zero-order valence-corrected chi connectivity index (χ0v) is 15.2. The zero-order valence-electron chi connectivity index (χ0n) is 15.2. The maximum Gasteiger partial charge on any atom is 0.246 e. The summed E-state index contributed by atoms with van der Waals surface area (Å²) < 4.78 is 5.64. The summed E-state index contributed by atoms with van der Waals surface area (Å²) in [6.07, 6.45) is 3.56. The molecule has 1 aromatic carbocycles. The standard InChI is InChI=1S/C20H25N3O2/c1-15-5-4-6-18(13-15)7-8-20(24)23-11-9-22(10-12-23)14-19-21-16(2)17(3)25-19/h4-8,13H,9-12,14H2,1-3H3/b8-7+. The number of hydrogen-bond acceptors (Lipinski definition) is 4. The van der Waals surface area contributed by atoms with Crippen molar-refractivity contribution in [1.82, 2.24) is 14.8 Å². The van der Waals surface area contributed by atoms with E-state index in [1.165, 1.54) is 5.56 Å². The molecule has 132 valence electrons. The van der Waals surface area contributed by atoms with E-state index in [9.17, 15) is 4.79 Å². The van der Waals surface area contributed by atoms with Crippen molar-refractivity contribution in [3.05, 3.63) is 58.8 Å². The lowest BCUT2D eigenvalue weighted by molar-refractivity contribution is -0.127. The van der Waals surface area contributed by atoms with Gasteiger partial charge < -0.3 is 9.32 Å². The summed E-state index contributed by atoms with van der Waals surface area (Å²) in [7, 11) is 0. The molecule has 0 aliphatic carbocycles. The molecule has 1 fully saturated rings. The highest BCUT2D eigenvalue weighted by Crippen LogP contribution is 2.13. The maximum atomic E-state index is 12.4. The van der Waals surface area contributed by atoms with Gasteiger partial charge in [0.2, 0.25) is 11.8 Å². The third kappa shape index (κ3) is 4.57. The van der Waals surface area contributed by atoms with Crippen molar-refractivity contribution in [2.75, 3.05) is 26.2 Å². The van der Waals surface area contributed by atoms with E-state index in [1.807, 2.05) is 37.0 Å². The van der Waals surface area contributed by atoms with Crippen LogP contribution in [0.4, 0.5) is 0 Å². The third-order valence-corrected chi connectivity index (χ3v) is 4.58. The van der Waals surface area contributed by atoms with Gasteiger partial charge in [-0.25, -0.2) is 4.98 Å². The fourth-order valence-electron chi connectivity index (χ4n) is 2.97. The summed E-state index contributed by atoms with van der Waals surface area (Å²) >= 11 is 0. The average molecular weight is 339 g/mol. The van der Waals surface area contributed by atoms with Gasteiger partial charge in [-0.15, -0.1) is 0 Å². The number of hydrogen-bond donors (Lipinski definition) is 0. The molecule has 0 saturated carbocycles. The third-order valence-electron chi connectivity index (χ3n) is 4.58. The minimum Gasteiger partial charge on any atom is -0.444 e. The Morgan fingerprint density at radius 1 is 1.20 bits per heavy atom. The topological polar surface area (TPSA) is 49.6 Å². The second kappa shape index (κ2) is 7.66. The lowest BCUT2D eigenvalue weighted by atomic mass is 10.1. The van der Waals surface area contributed by atoms with Crippen LogP contribution in [0.15, 0.2) is 34.8 Å². The van der Waals surface area contributed by atoms with Crippen LogP contribution in [0.25, 0.3) is 6.08 Å². The van der Waals surface area contributed by atoms with E-state index in [2.05, 4.69) is 28.9 Å². The molecule has 0 unspecified atom stereocenters. The molecule has 1 amide bonds. The Bertz CT molecular complexity index is 751. The number of carbonyl (C=O) groups excluding carboxylic acids is 1. The lowest BCUT2D eigenvalue weighted by Crippen LogP contribution is -2.47. The largest absolute Gasteiger partial charge is 0.444 e. The van der Waals surface area contributed by atoms with E-state index in [1.54, 1.807) is 6.08 Å². The summed E-state index contributed by atoms with van der Waals surface area (Å²) in [5.74, 6) is 1.71. The Morgan fingerprint density at radius 2 is 1.96 bits per heavy atom. The zero-order chi connectivity index (χ0) is 17.8. The highest BCUT2D eigenvalue weighted by Gasteiger charge is 2.21. The van der Waals surface area contributed by atoms with Crippen LogP contribution in [0.3, 0.4) is 0 Å². The lowest BCUT2D eigenvalue weighted by Gasteiger charge is -2.33. The summed E-state index contributed by atoms with van der Waals surface area (Å²) in [5, 5.41) is 0. The first-order valence-electron chi connectivity index (χ1n) is 8.70. The smallest absolute Gasteiger partial charge is 0.246 e. The van der Waals surface area contributed by atoms with Gasteiger partial charge in [0.25, 0.3) is 0 Å². The van der Waals surface area contributed by atoms with Crippen LogP contribution < -0.4 is 0 Å². The molecule has 0 atom stereocenters. The van der Waals surface area contributed by atoms with Gasteiger partial charge in [-0.3, -0.25) is 9.69 Å². The summed E-state index contributed by atoms with van der Waals surface area (Å²) in [6, 6.07) is 8.14. The fraction of sp³-hybridized carbons (Fsp3) is 0.400. The van der Waals surface area contributed by atoms with E-state index in [0.717, 1.165) is 49.1 Å². The van der Waals surface area contributed by atoms with E-state index >= 15 is 0 Å². The number of nitrogens with zero attached hydrogens (tertiary/aromatic N) is 3. The summed E-state index contributed by atoms with van der Waals surface area (Å²) in [5.41, 5.74) is 3.20. The first kappa shape index (κ1) is 17.4. The Balaban J connectivity index is 1.50. The molecule has 1 aliphatic rings. The molecule has 0 radical (unpaired) electrons. The van der Waals surface area contributed by atoms with Crippen LogP contribution in [0, 0.1) is 20.8 Å². The molecule has 5 heteroatoms. The molecule has 0 spiro atoms. The number of carbonyl (C=O) groups is 1. The van der Waals surface area contributed by atoms with Gasteiger partial charge in [0.05, 0.1) is 12.2 Å². The first-order chi connectivity index (χ1) is 12.0. The van der Waals surface area contributed by atoms with Crippen molar-refractivity contribution in [3.8, 4) is 0 Å². The number of piperazine rings is 1. The minimum atomic E-state index is 0.0731. The second-order valence-corrected chi connectivity index (χ2v) is 6.60. The molecular formula is C20H25N3O2. The van der Waals surface area contributed by atoms with Gasteiger partial charge in [-0.1, -0.05) is 29.8 Å². The van der Waals surface area contributed by atoms with Crippen molar-refractivity contribution >= 4 is 12.0 Å². The maximum absolute atomic E-state index is 12.4. The van der Waals surface area contributed by atoms with Gasteiger partial charge >= 0.3 is 0 Å². The van der Waals surface area contributed by atoms with Gasteiger partial charge in [-0.05, 0) is 32.4 Å². The number of rotatable bonds is 4. The van der Waals surface area contributed by atoms with E-state index in [4.69, 9.17) is 4.42 Å². The monoisotopic (exact) mass is 339 g/mol. The Morgan fingerprint density at radius 3 is 2.60 bits per heavy atom. The van der Waals surface area contributed by atoms with Crippen molar-refractivity contribution in [3.63, 3.8) is 0 Å². The van der Waals surface area contributed by atoms with E-state index < -0.39 is 0 Å². The highest BCUT2D eigenvalue weighted by atomic mass is 16.4. The SMILES string of the molecule is Cc1cccc(/C=C/C(=O)N2CCN(Cc3nc(C)c(C)o3)CC2)c1. The Kier molecular flexibility index (Phi) is 5.34. The molecule has 2 aromatic rings. The van der Waals surface area contributed by atoms with Crippen LogP contribution in [0.5, 0.6) is 0 Å². The molecule has 3 rings (SSSR count). The van der Waals surface area contributed by atoms with Crippen molar-refractivity contribution in [1.29, 1.82) is 0 Å². The molecule has 5 nitrogen and oxygen atoms in total. The van der Waals surface area contributed by atoms with E-state index in [-0.39, 0.29) is 5.91 Å². The van der Waals surface area contributed by atoms with Gasteiger partial charge in [0.15, 0.2) is 0 Å². The molecule has 1 aliphatic heterocycles. The number of benzene rings is 1. The van der Waals surface area contributed by atoms with Crippen molar-refractivity contribution in [2.24, 2.45) is 0 Å². The van der Waals surface area contributed by atoms with Gasteiger partial charge in [-0.2, -0.15) is 0 Å². The summed E-state index contributed by atoms with van der Waals surface area (Å²) in [4.78, 5) is 21.0. The van der Waals surface area contributed by atoms with Crippen molar-refractivity contribution in [2.45, 2.75) is 27.3 Å². The first-order valence-corrected chi connectivity index (χ1v) is 8.70. The average Bonchev–Trinajstić information content (AvgIpc) is 2.91. The normalized spacial score (nSPS) is 15.9. The van der Waals surface area contributed by atoms with Crippen LogP contribution in [0.1, 0.15) is 28.5 Å². The Hall–Kier alpha value is -2.40. The molecule has 25 heavy (non-hydrogen) atoms. The molecule has 1 saturated heterocycles. The predicted molar refractivity (Wildman–Crippen MR) is 98.0 cm³/mol. The molecule has 2 heterocycles. The van der Waals surface area contributed by atoms with Crippen LogP contribution in [-0.2, 0) is 11.3 Å². The quantitative estimate of drug-likeness (QED) is 0.804. The number of oxazole rings is 1. The number of aryl methyl sites for hydroxylation is 3. The van der Waals surface area contributed by atoms with Crippen LogP contribution in [-0.4, -0.2) is 46.9 Å². The molecule has 0 bridgehead atoms. The summed E-state index contributed by atoms with van der Waals surface area (Å²) in [6.45, 7) is 9.79. The van der Waals surface area contributed by atoms with Crippen LogP contribution in [0.2, 0.25) is 0 Å². The molecule has 0 N–H and O–H groups in total. The van der Waals surface area contributed by atoms with E-state index in [0.29, 0.717) is 6.54 Å². The van der Waals surface area contributed by atoms with Crippen LogP contribution >= 0.6 is 0 Å². The number of aromatic nitrogens is 1. The second-order valence-electron chi connectivity index (χ2n) is 6.60. The number of amides is 1. The predicted octanol–water partition coefficient (Wildman–Crippen LogP) is 2.96. The fourth-order valence-corrected chi connectivity index (χ4v) is 2.97. The molecular weight excluding hydrogens is 314 g/mol. The van der Waals surface area contributed by atoms with Crippen molar-refractivity contribution < 1.29 is 9.21 Å². The highest BCUT2D eigenvalue weighted by molar-refractivity contribution is 5.91. The molecule has 1 aromatic heterocycles.